The lowest BCUT2D eigenvalue weighted by molar-refractivity contribution is -0.0212. The highest BCUT2D eigenvalue weighted by Gasteiger charge is 2.35. The Morgan fingerprint density at radius 2 is 1.65 bits per heavy atom. The van der Waals surface area contributed by atoms with Crippen LogP contribution < -0.4 is 5.73 Å². The van der Waals surface area contributed by atoms with Crippen LogP contribution in [-0.4, -0.2) is 34.0 Å². The Morgan fingerprint density at radius 3 is 2.39 bits per heavy atom. The lowest BCUT2D eigenvalue weighted by Crippen LogP contribution is -2.45. The summed E-state index contributed by atoms with van der Waals surface area (Å²) in [6, 6.07) is 20.1. The number of carbonyl (C=O) groups is 1. The first-order valence-corrected chi connectivity index (χ1v) is 10.9. The topological polar surface area (TPSA) is 79.5 Å². The second-order valence-electron chi connectivity index (χ2n) is 8.30. The van der Waals surface area contributed by atoms with Crippen molar-refractivity contribution in [2.75, 3.05) is 13.1 Å². The van der Waals surface area contributed by atoms with Gasteiger partial charge in [-0.3, -0.25) is 9.78 Å². The summed E-state index contributed by atoms with van der Waals surface area (Å²) in [6.45, 7) is 1.47. The molecular formula is C26H29N3O2. The summed E-state index contributed by atoms with van der Waals surface area (Å²) in [4.78, 5) is 19.2. The van der Waals surface area contributed by atoms with E-state index in [9.17, 15) is 9.90 Å². The molecule has 1 aliphatic heterocycles. The fourth-order valence-electron chi connectivity index (χ4n) is 4.21. The fraction of sp³-hybridized carbons (Fsp3) is 0.308. The van der Waals surface area contributed by atoms with Crippen molar-refractivity contribution in [2.24, 2.45) is 5.73 Å². The third-order valence-electron chi connectivity index (χ3n) is 6.16. The SMILES string of the molecule is NCc1cccc(C2(O)CCN(C(=O)c3cncc(CCc4ccccc4)c3)CC2)c1. The summed E-state index contributed by atoms with van der Waals surface area (Å²) in [7, 11) is 0. The lowest BCUT2D eigenvalue weighted by Gasteiger charge is -2.38. The molecule has 160 valence electrons. The van der Waals surface area contributed by atoms with Gasteiger partial charge in [-0.05, 0) is 54.0 Å². The maximum atomic E-state index is 13.1. The third-order valence-corrected chi connectivity index (χ3v) is 6.16. The Kier molecular flexibility index (Phi) is 6.44. The Balaban J connectivity index is 1.39. The Labute approximate surface area is 183 Å². The van der Waals surface area contributed by atoms with Gasteiger partial charge in [0.05, 0.1) is 11.2 Å². The monoisotopic (exact) mass is 415 g/mol. The molecule has 2 heterocycles. The number of rotatable bonds is 6. The molecule has 1 aromatic heterocycles. The van der Waals surface area contributed by atoms with E-state index in [1.807, 2.05) is 59.6 Å². The second kappa shape index (κ2) is 9.41. The van der Waals surface area contributed by atoms with E-state index in [1.54, 1.807) is 6.20 Å². The van der Waals surface area contributed by atoms with E-state index in [1.165, 1.54) is 5.56 Å². The molecule has 3 aromatic rings. The summed E-state index contributed by atoms with van der Waals surface area (Å²) in [5.41, 5.74) is 9.65. The van der Waals surface area contributed by atoms with E-state index in [4.69, 9.17) is 5.73 Å². The minimum absolute atomic E-state index is 0.0215. The van der Waals surface area contributed by atoms with Crippen molar-refractivity contribution in [3.05, 3.63) is 101 Å². The first-order chi connectivity index (χ1) is 15.1. The van der Waals surface area contributed by atoms with Crippen molar-refractivity contribution in [3.63, 3.8) is 0 Å². The fourth-order valence-corrected chi connectivity index (χ4v) is 4.21. The van der Waals surface area contributed by atoms with Gasteiger partial charge in [-0.2, -0.15) is 0 Å². The molecule has 0 saturated carbocycles. The Morgan fingerprint density at radius 1 is 0.935 bits per heavy atom. The first kappa shape index (κ1) is 21.2. The summed E-state index contributed by atoms with van der Waals surface area (Å²) < 4.78 is 0. The Bertz CT molecular complexity index is 1030. The first-order valence-electron chi connectivity index (χ1n) is 10.9. The molecule has 0 atom stereocenters. The molecule has 0 spiro atoms. The molecule has 0 aliphatic carbocycles. The van der Waals surface area contributed by atoms with Crippen molar-refractivity contribution in [1.82, 2.24) is 9.88 Å². The van der Waals surface area contributed by atoms with Crippen molar-refractivity contribution in [2.45, 2.75) is 37.8 Å². The molecule has 1 aliphatic rings. The predicted octanol–water partition coefficient (Wildman–Crippen LogP) is 3.45. The quantitative estimate of drug-likeness (QED) is 0.646. The highest BCUT2D eigenvalue weighted by molar-refractivity contribution is 5.94. The third kappa shape index (κ3) is 5.01. The number of nitrogens with zero attached hydrogens (tertiary/aromatic N) is 2. The highest BCUT2D eigenvalue weighted by atomic mass is 16.3. The zero-order valence-corrected chi connectivity index (χ0v) is 17.7. The number of aryl methyl sites for hydroxylation is 2. The molecular weight excluding hydrogens is 386 g/mol. The van der Waals surface area contributed by atoms with E-state index >= 15 is 0 Å². The van der Waals surface area contributed by atoms with Crippen LogP contribution in [0.15, 0.2) is 73.1 Å². The van der Waals surface area contributed by atoms with Gasteiger partial charge in [0, 0.05) is 32.0 Å². The van der Waals surface area contributed by atoms with Crippen LogP contribution in [0.1, 0.15) is 45.5 Å². The van der Waals surface area contributed by atoms with Crippen LogP contribution in [0.4, 0.5) is 0 Å². The van der Waals surface area contributed by atoms with Crippen LogP contribution >= 0.6 is 0 Å². The molecule has 1 fully saturated rings. The molecule has 5 nitrogen and oxygen atoms in total. The molecule has 0 radical (unpaired) electrons. The summed E-state index contributed by atoms with van der Waals surface area (Å²) in [6.07, 6.45) is 6.24. The molecule has 0 bridgehead atoms. The molecule has 5 heteroatoms. The van der Waals surface area contributed by atoms with Crippen molar-refractivity contribution >= 4 is 5.91 Å². The van der Waals surface area contributed by atoms with E-state index in [0.717, 1.165) is 29.5 Å². The maximum absolute atomic E-state index is 13.1. The molecule has 0 unspecified atom stereocenters. The number of hydrogen-bond donors (Lipinski definition) is 2. The lowest BCUT2D eigenvalue weighted by atomic mass is 9.83. The standard InChI is InChI=1S/C26H29N3O2/c27-17-21-7-4-8-24(16-21)26(31)11-13-29(14-12-26)25(30)23-15-22(18-28-19-23)10-9-20-5-2-1-3-6-20/h1-8,15-16,18-19,31H,9-14,17,27H2. The normalized spacial score (nSPS) is 15.6. The number of piperidine rings is 1. The van der Waals surface area contributed by atoms with Gasteiger partial charge in [-0.25, -0.2) is 0 Å². The molecule has 1 amide bonds. The van der Waals surface area contributed by atoms with Gasteiger partial charge in [-0.15, -0.1) is 0 Å². The van der Waals surface area contributed by atoms with Gasteiger partial charge in [0.1, 0.15) is 0 Å². The van der Waals surface area contributed by atoms with Gasteiger partial charge in [0.25, 0.3) is 5.91 Å². The van der Waals surface area contributed by atoms with Gasteiger partial charge in [0.2, 0.25) is 0 Å². The number of pyridine rings is 1. The van der Waals surface area contributed by atoms with Crippen molar-refractivity contribution < 1.29 is 9.90 Å². The summed E-state index contributed by atoms with van der Waals surface area (Å²) in [5.74, 6) is -0.0215. The van der Waals surface area contributed by atoms with Crippen LogP contribution in [0.2, 0.25) is 0 Å². The highest BCUT2D eigenvalue weighted by Crippen LogP contribution is 2.33. The van der Waals surface area contributed by atoms with E-state index in [0.29, 0.717) is 38.0 Å². The number of carbonyl (C=O) groups excluding carboxylic acids is 1. The molecule has 4 rings (SSSR count). The number of nitrogens with two attached hydrogens (primary N) is 1. The van der Waals surface area contributed by atoms with Crippen LogP contribution in [0.25, 0.3) is 0 Å². The number of aliphatic hydroxyl groups is 1. The molecule has 1 saturated heterocycles. The minimum atomic E-state index is -0.919. The minimum Gasteiger partial charge on any atom is -0.385 e. The van der Waals surface area contributed by atoms with Gasteiger partial charge in [0.15, 0.2) is 0 Å². The zero-order valence-electron chi connectivity index (χ0n) is 17.7. The predicted molar refractivity (Wildman–Crippen MR) is 121 cm³/mol. The smallest absolute Gasteiger partial charge is 0.255 e. The van der Waals surface area contributed by atoms with Crippen LogP contribution in [0, 0.1) is 0 Å². The van der Waals surface area contributed by atoms with Crippen LogP contribution in [0.3, 0.4) is 0 Å². The van der Waals surface area contributed by atoms with Gasteiger partial charge >= 0.3 is 0 Å². The number of benzene rings is 2. The van der Waals surface area contributed by atoms with Gasteiger partial charge in [-0.1, -0.05) is 54.6 Å². The average Bonchev–Trinajstić information content (AvgIpc) is 2.84. The van der Waals surface area contributed by atoms with Gasteiger partial charge < -0.3 is 15.7 Å². The maximum Gasteiger partial charge on any atom is 0.255 e. The number of aromatic nitrogens is 1. The molecule has 3 N–H and O–H groups in total. The van der Waals surface area contributed by atoms with Crippen molar-refractivity contribution in [3.8, 4) is 0 Å². The number of amides is 1. The number of likely N-dealkylation sites (tertiary alicyclic amines) is 1. The van der Waals surface area contributed by atoms with Crippen LogP contribution in [0.5, 0.6) is 0 Å². The zero-order chi connectivity index (χ0) is 21.7. The number of hydrogen-bond acceptors (Lipinski definition) is 4. The largest absolute Gasteiger partial charge is 0.385 e. The van der Waals surface area contributed by atoms with Crippen LogP contribution in [-0.2, 0) is 25.0 Å². The second-order valence-corrected chi connectivity index (χ2v) is 8.30. The van der Waals surface area contributed by atoms with E-state index in [2.05, 4.69) is 17.1 Å². The summed E-state index contributed by atoms with van der Waals surface area (Å²) in [5, 5.41) is 11.2. The molecule has 31 heavy (non-hydrogen) atoms. The van der Waals surface area contributed by atoms with E-state index in [-0.39, 0.29) is 5.91 Å². The Hall–Kier alpha value is -3.02. The van der Waals surface area contributed by atoms with E-state index < -0.39 is 5.60 Å². The van der Waals surface area contributed by atoms with Crippen molar-refractivity contribution in [1.29, 1.82) is 0 Å². The average molecular weight is 416 g/mol. The molecule has 2 aromatic carbocycles. The summed E-state index contributed by atoms with van der Waals surface area (Å²) >= 11 is 0.